The van der Waals surface area contributed by atoms with Gasteiger partial charge in [-0.1, -0.05) is 85.5 Å². The number of amides is 2. The van der Waals surface area contributed by atoms with Gasteiger partial charge in [0.2, 0.25) is 5.91 Å². The van der Waals surface area contributed by atoms with Crippen LogP contribution in [0.4, 0.5) is 4.79 Å². The molecule has 2 amide bonds. The molecule has 0 aromatic rings. The minimum atomic E-state index is -1.20. The molecule has 0 saturated carbocycles. The summed E-state index contributed by atoms with van der Waals surface area (Å²) in [6.07, 6.45) is 9.87. The molecule has 26 nitrogen and oxygen atoms in total. The molecule has 12 N–H and O–H groups in total. The fourth-order valence-electron chi connectivity index (χ4n) is 12.0. The number of rotatable bonds is 55. The van der Waals surface area contributed by atoms with Crippen LogP contribution in [0.15, 0.2) is 0 Å². The number of hydrogen-bond acceptors (Lipinski definition) is 24. The van der Waals surface area contributed by atoms with E-state index in [4.69, 9.17) is 42.6 Å². The Morgan fingerprint density at radius 2 is 0.713 bits per heavy atom. The lowest BCUT2D eigenvalue weighted by Gasteiger charge is -2.40. The van der Waals surface area contributed by atoms with Gasteiger partial charge >= 0.3 is 18.0 Å². The number of ether oxygens (including phenoxy) is 9. The zero-order valence-electron chi connectivity index (χ0n) is 57.3. The van der Waals surface area contributed by atoms with Crippen LogP contribution >= 0.6 is 0 Å². The SMILES string of the molecule is CC1C(OCCCCNCCCCCCCC(=O)OCCCC(C)(CCCOC(=O)CCCCCCCNC(=O)CCCOC2OC(CO)C(O)C(O)C2C)CCCOC(=O)NCCCCCCCC(=O)CCCOC2OC(CO)C(O)C(O)C2C)OC(CO)C(O)C1O. The van der Waals surface area contributed by atoms with Gasteiger partial charge in [0.05, 0.1) is 71.2 Å². The minimum Gasteiger partial charge on any atom is -0.466 e. The summed E-state index contributed by atoms with van der Waals surface area (Å²) in [6, 6.07) is 0. The predicted molar refractivity (Wildman–Crippen MR) is 347 cm³/mol. The Labute approximate surface area is 559 Å². The normalized spacial score (nSPS) is 26.9. The minimum absolute atomic E-state index is 0.0921. The van der Waals surface area contributed by atoms with Crippen molar-refractivity contribution < 1.29 is 113 Å². The topological polar surface area (TPSA) is 387 Å². The van der Waals surface area contributed by atoms with E-state index in [0.29, 0.717) is 90.5 Å². The van der Waals surface area contributed by atoms with Crippen molar-refractivity contribution in [3.8, 4) is 0 Å². The first-order valence-electron chi connectivity index (χ1n) is 35.7. The average molecular weight is 1350 g/mol. The summed E-state index contributed by atoms with van der Waals surface area (Å²) in [7, 11) is 0. The molecule has 0 spiro atoms. The van der Waals surface area contributed by atoms with Crippen LogP contribution in [0.25, 0.3) is 0 Å². The second-order valence-electron chi connectivity index (χ2n) is 26.5. The van der Waals surface area contributed by atoms with E-state index in [2.05, 4.69) is 22.9 Å². The number of nitrogens with one attached hydrogen (secondary N) is 3. The molecule has 94 heavy (non-hydrogen) atoms. The number of esters is 2. The number of carbonyl (C=O) groups is 5. The highest BCUT2D eigenvalue weighted by Gasteiger charge is 2.45. The summed E-state index contributed by atoms with van der Waals surface area (Å²) in [5.41, 5.74) is -0.183. The van der Waals surface area contributed by atoms with Gasteiger partial charge in [0, 0.05) is 69.6 Å². The third-order valence-electron chi connectivity index (χ3n) is 18.4. The molecular weight excluding hydrogens is 1230 g/mol. The molecule has 3 aliphatic heterocycles. The van der Waals surface area contributed by atoms with E-state index in [1.54, 1.807) is 20.8 Å². The van der Waals surface area contributed by atoms with Crippen molar-refractivity contribution in [1.29, 1.82) is 0 Å². The highest BCUT2D eigenvalue weighted by atomic mass is 16.7. The molecule has 0 radical (unpaired) electrons. The van der Waals surface area contributed by atoms with Gasteiger partial charge < -0.3 is 105 Å². The van der Waals surface area contributed by atoms with Gasteiger partial charge in [-0.15, -0.1) is 0 Å². The third-order valence-corrected chi connectivity index (χ3v) is 18.4. The van der Waals surface area contributed by atoms with Crippen molar-refractivity contribution in [2.75, 3.05) is 85.6 Å². The standard InChI is InChI=1S/C68H125N3O23/c1-48-58(79)61(82)52(45-72)92-64(48)88-39-21-20-36-69-35-17-11-6-9-15-30-56(77)86-42-24-32-68(4,33-25-43-87-57(78)31-16-10-7-12-18-37-70-55(76)29-23-41-90-66-50(3)60(81)63(84)54(47-74)94-66)34-26-44-91-67(85)71-38-19-13-5-8-14-27-51(75)28-22-40-89-65-49(2)59(80)62(83)53(46-73)93-65/h48-50,52-54,58-66,69,72-74,79-84H,5-47H2,1-4H3,(H,70,76)(H,71,85). The number of alkyl carbamates (subject to hydrolysis) is 1. The quantitative estimate of drug-likeness (QED) is 0.0215. The van der Waals surface area contributed by atoms with Crippen molar-refractivity contribution in [3.05, 3.63) is 0 Å². The summed E-state index contributed by atoms with van der Waals surface area (Å²) in [5.74, 6) is -1.77. The maximum Gasteiger partial charge on any atom is 0.407 e. The molecule has 3 heterocycles. The van der Waals surface area contributed by atoms with Crippen LogP contribution in [-0.2, 0) is 61.8 Å². The number of aliphatic hydroxyl groups is 9. The Hall–Kier alpha value is -3.29. The van der Waals surface area contributed by atoms with E-state index in [0.717, 1.165) is 135 Å². The van der Waals surface area contributed by atoms with Crippen LogP contribution in [0.5, 0.6) is 0 Å². The van der Waals surface area contributed by atoms with Gasteiger partial charge in [0.15, 0.2) is 18.9 Å². The smallest absolute Gasteiger partial charge is 0.407 e. The highest BCUT2D eigenvalue weighted by molar-refractivity contribution is 5.78. The zero-order valence-corrected chi connectivity index (χ0v) is 57.3. The van der Waals surface area contributed by atoms with Crippen molar-refractivity contribution in [3.63, 3.8) is 0 Å². The Morgan fingerprint density at radius 1 is 0.372 bits per heavy atom. The van der Waals surface area contributed by atoms with Crippen molar-refractivity contribution in [1.82, 2.24) is 16.0 Å². The third kappa shape index (κ3) is 35.5. The summed E-state index contributed by atoms with van der Waals surface area (Å²) >= 11 is 0. The molecule has 16 atom stereocenters. The first kappa shape index (κ1) is 84.9. The van der Waals surface area contributed by atoms with Crippen LogP contribution in [0.3, 0.4) is 0 Å². The molecule has 26 heteroatoms. The Bertz CT molecular complexity index is 1900. The second-order valence-corrected chi connectivity index (χ2v) is 26.5. The van der Waals surface area contributed by atoms with E-state index in [-0.39, 0.29) is 61.9 Å². The van der Waals surface area contributed by atoms with Crippen molar-refractivity contribution >= 4 is 29.7 Å². The van der Waals surface area contributed by atoms with Gasteiger partial charge in [-0.3, -0.25) is 19.2 Å². The molecule has 3 rings (SSSR count). The molecule has 0 aromatic carbocycles. The molecule has 0 aromatic heterocycles. The Balaban J connectivity index is 1.25. The molecular formula is C68H125N3O23. The average Bonchev–Trinajstić information content (AvgIpc) is 0.860. The highest BCUT2D eigenvalue weighted by Crippen LogP contribution is 2.35. The van der Waals surface area contributed by atoms with Crippen molar-refractivity contribution in [2.45, 2.75) is 294 Å². The second kappa shape index (κ2) is 51.0. The fourth-order valence-corrected chi connectivity index (χ4v) is 12.0. The Kier molecular flexibility index (Phi) is 46.0. The number of Topliss-reactive ketones (excluding diaryl/α,β-unsaturated/α-hetero) is 1. The Morgan fingerprint density at radius 3 is 1.15 bits per heavy atom. The van der Waals surface area contributed by atoms with Crippen LogP contribution in [0.1, 0.15) is 220 Å². The molecule has 0 bridgehead atoms. The number of ketones is 1. The zero-order chi connectivity index (χ0) is 68.9. The van der Waals surface area contributed by atoms with E-state index in [1.165, 1.54) is 0 Å². The monoisotopic (exact) mass is 1350 g/mol. The molecule has 0 aliphatic carbocycles. The number of aliphatic hydroxyl groups excluding tert-OH is 9. The van der Waals surface area contributed by atoms with Crippen LogP contribution in [0.2, 0.25) is 0 Å². The molecule has 3 aliphatic rings. The number of unbranched alkanes of at least 4 members (excludes halogenated alkanes) is 13. The first-order valence-corrected chi connectivity index (χ1v) is 35.7. The van der Waals surface area contributed by atoms with Gasteiger partial charge in [0.1, 0.15) is 42.4 Å². The largest absolute Gasteiger partial charge is 0.466 e. The van der Waals surface area contributed by atoms with Crippen molar-refractivity contribution in [2.24, 2.45) is 23.2 Å². The molecule has 550 valence electrons. The molecule has 3 fully saturated rings. The van der Waals surface area contributed by atoms with Gasteiger partial charge in [-0.25, -0.2) is 4.79 Å². The first-order chi connectivity index (χ1) is 45.2. The van der Waals surface area contributed by atoms with E-state index in [1.807, 2.05) is 0 Å². The lowest BCUT2D eigenvalue weighted by atomic mass is 9.77. The van der Waals surface area contributed by atoms with E-state index < -0.39 is 117 Å². The van der Waals surface area contributed by atoms with Gasteiger partial charge in [-0.05, 0) is 121 Å². The van der Waals surface area contributed by atoms with Crippen LogP contribution in [0, 0.1) is 23.2 Å². The molecule has 16 unspecified atom stereocenters. The summed E-state index contributed by atoms with van der Waals surface area (Å²) in [6.45, 7) is 10.6. The fraction of sp³-hybridized carbons (Fsp3) is 0.926. The molecule has 3 saturated heterocycles. The predicted octanol–water partition coefficient (Wildman–Crippen LogP) is 5.06. The lowest BCUT2D eigenvalue weighted by molar-refractivity contribution is -0.282. The lowest BCUT2D eigenvalue weighted by Crippen LogP contribution is -2.55. The maximum atomic E-state index is 12.7. The van der Waals surface area contributed by atoms with E-state index in [9.17, 15) is 69.9 Å². The van der Waals surface area contributed by atoms with Crippen LogP contribution < -0.4 is 16.0 Å². The van der Waals surface area contributed by atoms with Gasteiger partial charge in [0.25, 0.3) is 0 Å². The summed E-state index contributed by atoms with van der Waals surface area (Å²) < 4.78 is 50.7. The van der Waals surface area contributed by atoms with E-state index >= 15 is 0 Å². The number of carbonyl (C=O) groups excluding carboxylic acids is 5. The number of hydrogen-bond donors (Lipinski definition) is 12. The summed E-state index contributed by atoms with van der Waals surface area (Å²) in [4.78, 5) is 62.7. The maximum absolute atomic E-state index is 12.7. The van der Waals surface area contributed by atoms with Crippen LogP contribution in [-0.4, -0.2) is 235 Å². The van der Waals surface area contributed by atoms with Gasteiger partial charge in [-0.2, -0.15) is 0 Å². The summed E-state index contributed by atoms with van der Waals surface area (Å²) in [5, 5.41) is 98.2.